The molecule has 0 bridgehead atoms. The molecule has 0 unspecified atom stereocenters. The molecule has 1 heterocycles. The van der Waals surface area contributed by atoms with Crippen LogP contribution in [0.1, 0.15) is 51.5 Å². The van der Waals surface area contributed by atoms with Gasteiger partial charge in [-0.2, -0.15) is 0 Å². The predicted octanol–water partition coefficient (Wildman–Crippen LogP) is 2.98. The van der Waals surface area contributed by atoms with Crippen LogP contribution in [0.5, 0.6) is 0 Å². The molecule has 130 valence electrons. The van der Waals surface area contributed by atoms with Crippen molar-refractivity contribution in [3.05, 3.63) is 58.4 Å². The van der Waals surface area contributed by atoms with Crippen LogP contribution in [-0.4, -0.2) is 29.5 Å². The minimum Gasteiger partial charge on any atom is -0.459 e. The Morgan fingerprint density at radius 3 is 2.52 bits per heavy atom. The zero-order valence-corrected chi connectivity index (χ0v) is 14.9. The Bertz CT molecular complexity index is 824. The summed E-state index contributed by atoms with van der Waals surface area (Å²) in [5.41, 5.74) is 2.85. The Kier molecular flexibility index (Phi) is 6.02. The number of rotatable bonds is 4. The molecule has 1 amide bonds. The molecule has 0 saturated carbocycles. The molecule has 2 aromatic rings. The van der Waals surface area contributed by atoms with E-state index in [9.17, 15) is 9.59 Å². The third-order valence-electron chi connectivity index (χ3n) is 3.56. The fraction of sp³-hybridized carbons (Fsp3) is 0.300. The molecule has 5 nitrogen and oxygen atoms in total. The Morgan fingerprint density at radius 2 is 1.88 bits per heavy atom. The highest BCUT2D eigenvalue weighted by Crippen LogP contribution is 2.19. The normalized spacial score (nSPS) is 10.1. The van der Waals surface area contributed by atoms with Crippen LogP contribution >= 0.6 is 0 Å². The number of benzene rings is 1. The minimum absolute atomic E-state index is 0.216. The number of aryl methyl sites for hydroxylation is 1. The first kappa shape index (κ1) is 18.3. The van der Waals surface area contributed by atoms with Crippen molar-refractivity contribution in [1.29, 1.82) is 0 Å². The number of carbonyl (C=O) groups is 2. The maximum atomic E-state index is 12.3. The number of H-pyrrole nitrogens is 1. The van der Waals surface area contributed by atoms with E-state index < -0.39 is 5.97 Å². The molecule has 0 aliphatic heterocycles. The smallest absolute Gasteiger partial charge is 0.340 e. The fourth-order valence-corrected chi connectivity index (χ4v) is 2.44. The molecule has 0 atom stereocenters. The maximum Gasteiger partial charge on any atom is 0.340 e. The monoisotopic (exact) mass is 338 g/mol. The largest absolute Gasteiger partial charge is 0.459 e. The molecule has 2 N–H and O–H groups in total. The third kappa shape index (κ3) is 4.74. The Labute approximate surface area is 147 Å². The molecule has 0 fully saturated rings. The lowest BCUT2D eigenvalue weighted by molar-refractivity contribution is 0.0376. The van der Waals surface area contributed by atoms with Gasteiger partial charge in [-0.15, -0.1) is 0 Å². The van der Waals surface area contributed by atoms with Gasteiger partial charge < -0.3 is 15.0 Å². The first-order valence-corrected chi connectivity index (χ1v) is 8.12. The summed E-state index contributed by atoms with van der Waals surface area (Å²) in [6.07, 6.45) is -0.216. The van der Waals surface area contributed by atoms with Crippen LogP contribution in [0.15, 0.2) is 30.3 Å². The molecule has 0 saturated heterocycles. The predicted molar refractivity (Wildman–Crippen MR) is 96.5 cm³/mol. The summed E-state index contributed by atoms with van der Waals surface area (Å²) >= 11 is 0. The lowest BCUT2D eigenvalue weighted by Crippen LogP contribution is -2.24. The van der Waals surface area contributed by atoms with Gasteiger partial charge in [0.1, 0.15) is 5.69 Å². The highest BCUT2D eigenvalue weighted by molar-refractivity contribution is 6.00. The average molecular weight is 338 g/mol. The summed E-state index contributed by atoms with van der Waals surface area (Å²) in [6.45, 7) is 7.26. The number of aromatic nitrogens is 1. The zero-order chi connectivity index (χ0) is 18.4. The molecule has 5 heteroatoms. The van der Waals surface area contributed by atoms with Crippen molar-refractivity contribution in [3.8, 4) is 11.8 Å². The van der Waals surface area contributed by atoms with Gasteiger partial charge in [0.15, 0.2) is 0 Å². The molecule has 2 rings (SSSR count). The summed E-state index contributed by atoms with van der Waals surface area (Å²) in [5.74, 6) is 5.15. The molecule has 25 heavy (non-hydrogen) atoms. The van der Waals surface area contributed by atoms with Crippen molar-refractivity contribution < 1.29 is 14.3 Å². The SMILES string of the molecule is Cc1[nH]c(C(=O)NCC#Cc2ccccc2)c(C)c1C(=O)OC(C)C. The highest BCUT2D eigenvalue weighted by Gasteiger charge is 2.23. The first-order chi connectivity index (χ1) is 11.9. The van der Waals surface area contributed by atoms with Gasteiger partial charge in [-0.1, -0.05) is 30.0 Å². The highest BCUT2D eigenvalue weighted by atomic mass is 16.5. The molecule has 0 spiro atoms. The number of amides is 1. The van der Waals surface area contributed by atoms with E-state index in [2.05, 4.69) is 22.1 Å². The van der Waals surface area contributed by atoms with E-state index in [0.717, 1.165) is 5.56 Å². The summed E-state index contributed by atoms with van der Waals surface area (Å²) in [6, 6.07) is 9.54. The first-order valence-electron chi connectivity index (χ1n) is 8.12. The second-order valence-electron chi connectivity index (χ2n) is 5.93. The molecule has 1 aromatic heterocycles. The van der Waals surface area contributed by atoms with Crippen LogP contribution in [-0.2, 0) is 4.74 Å². The molecule has 0 aliphatic rings. The van der Waals surface area contributed by atoms with E-state index in [1.807, 2.05) is 30.3 Å². The van der Waals surface area contributed by atoms with E-state index in [1.165, 1.54) is 0 Å². The Hall–Kier alpha value is -3.00. The number of carbonyl (C=O) groups excluding carboxylic acids is 2. The average Bonchev–Trinajstić information content (AvgIpc) is 2.86. The van der Waals surface area contributed by atoms with Crippen molar-refractivity contribution in [2.45, 2.75) is 33.8 Å². The number of nitrogens with one attached hydrogen (secondary N) is 2. The Balaban J connectivity index is 2.05. The lowest BCUT2D eigenvalue weighted by atomic mass is 10.1. The zero-order valence-electron chi connectivity index (χ0n) is 14.9. The second-order valence-corrected chi connectivity index (χ2v) is 5.93. The van der Waals surface area contributed by atoms with Crippen molar-refractivity contribution >= 4 is 11.9 Å². The number of ether oxygens (including phenoxy) is 1. The molecular weight excluding hydrogens is 316 g/mol. The van der Waals surface area contributed by atoms with Crippen molar-refractivity contribution in [1.82, 2.24) is 10.3 Å². The van der Waals surface area contributed by atoms with Crippen molar-refractivity contribution in [2.24, 2.45) is 0 Å². The van der Waals surface area contributed by atoms with Gasteiger partial charge in [-0.25, -0.2) is 4.79 Å². The number of aromatic amines is 1. The third-order valence-corrected chi connectivity index (χ3v) is 3.56. The van der Waals surface area contributed by atoms with Gasteiger partial charge in [0, 0.05) is 11.3 Å². The van der Waals surface area contributed by atoms with E-state index >= 15 is 0 Å². The molecular formula is C20H22N2O3. The maximum absolute atomic E-state index is 12.3. The minimum atomic E-state index is -0.427. The van der Waals surface area contributed by atoms with E-state index in [-0.39, 0.29) is 18.6 Å². The van der Waals surface area contributed by atoms with Gasteiger partial charge in [-0.3, -0.25) is 4.79 Å². The Morgan fingerprint density at radius 1 is 1.20 bits per heavy atom. The van der Waals surface area contributed by atoms with Crippen LogP contribution in [0.2, 0.25) is 0 Å². The van der Waals surface area contributed by atoms with E-state index in [0.29, 0.717) is 22.5 Å². The number of hydrogen-bond donors (Lipinski definition) is 2. The van der Waals surface area contributed by atoms with Crippen LogP contribution in [0.3, 0.4) is 0 Å². The van der Waals surface area contributed by atoms with Gasteiger partial charge in [-0.05, 0) is 45.4 Å². The molecule has 1 aromatic carbocycles. The van der Waals surface area contributed by atoms with Crippen LogP contribution < -0.4 is 5.32 Å². The summed E-state index contributed by atoms with van der Waals surface area (Å²) < 4.78 is 5.23. The van der Waals surface area contributed by atoms with Gasteiger partial charge in [0.25, 0.3) is 5.91 Å². The van der Waals surface area contributed by atoms with E-state index in [4.69, 9.17) is 4.74 Å². The quantitative estimate of drug-likeness (QED) is 0.665. The van der Waals surface area contributed by atoms with Gasteiger partial charge >= 0.3 is 5.97 Å². The second kappa shape index (κ2) is 8.20. The molecule has 0 aliphatic carbocycles. The topological polar surface area (TPSA) is 71.2 Å². The van der Waals surface area contributed by atoms with Gasteiger partial charge in [0.05, 0.1) is 18.2 Å². The lowest BCUT2D eigenvalue weighted by Gasteiger charge is -2.08. The van der Waals surface area contributed by atoms with Crippen LogP contribution in [0, 0.1) is 25.7 Å². The van der Waals surface area contributed by atoms with Crippen LogP contribution in [0.25, 0.3) is 0 Å². The molecule has 0 radical (unpaired) electrons. The van der Waals surface area contributed by atoms with Gasteiger partial charge in [0.2, 0.25) is 0 Å². The summed E-state index contributed by atoms with van der Waals surface area (Å²) in [5, 5.41) is 2.73. The fourth-order valence-electron chi connectivity index (χ4n) is 2.44. The summed E-state index contributed by atoms with van der Waals surface area (Å²) in [4.78, 5) is 27.4. The van der Waals surface area contributed by atoms with Crippen LogP contribution in [0.4, 0.5) is 0 Å². The van der Waals surface area contributed by atoms with E-state index in [1.54, 1.807) is 27.7 Å². The standard InChI is InChI=1S/C20H22N2O3/c1-13(2)25-20(24)17-14(3)18(22-15(17)4)19(23)21-12-8-11-16-9-6-5-7-10-16/h5-7,9-10,13,22H,12H2,1-4H3,(H,21,23). The number of esters is 1. The number of hydrogen-bond acceptors (Lipinski definition) is 3. The van der Waals surface area contributed by atoms with Crippen molar-refractivity contribution in [3.63, 3.8) is 0 Å². The summed E-state index contributed by atoms with van der Waals surface area (Å²) in [7, 11) is 0. The van der Waals surface area contributed by atoms with Crippen molar-refractivity contribution in [2.75, 3.05) is 6.54 Å².